The number of thiazole rings is 1. The molecule has 8 nitrogen and oxygen atoms in total. The second kappa shape index (κ2) is 8.51. The van der Waals surface area contributed by atoms with Crippen molar-refractivity contribution in [1.82, 2.24) is 14.2 Å². The summed E-state index contributed by atoms with van der Waals surface area (Å²) in [5.41, 5.74) is 1.88. The van der Waals surface area contributed by atoms with Crippen molar-refractivity contribution in [2.75, 3.05) is 20.3 Å². The molecule has 0 saturated heterocycles. The molecule has 27 heavy (non-hydrogen) atoms. The van der Waals surface area contributed by atoms with Gasteiger partial charge in [0, 0.05) is 13.2 Å². The lowest BCUT2D eigenvalue weighted by Crippen LogP contribution is -2.19. The van der Waals surface area contributed by atoms with Gasteiger partial charge in [-0.1, -0.05) is 15.8 Å². The lowest BCUT2D eigenvalue weighted by Gasteiger charge is -2.06. The number of esters is 1. The van der Waals surface area contributed by atoms with Gasteiger partial charge >= 0.3 is 5.97 Å². The molecule has 0 aliphatic rings. The number of benzene rings is 1. The molecule has 0 fully saturated rings. The maximum absolute atomic E-state index is 12.5. The van der Waals surface area contributed by atoms with Gasteiger partial charge in [-0.2, -0.15) is 4.99 Å². The number of ether oxygens (including phenoxy) is 2. The molecular formula is C17H18N4O4S2. The quantitative estimate of drug-likeness (QED) is 0.461. The summed E-state index contributed by atoms with van der Waals surface area (Å²) in [7, 11) is 1.34. The van der Waals surface area contributed by atoms with Crippen LogP contribution in [0.25, 0.3) is 10.2 Å². The maximum atomic E-state index is 12.5. The molecule has 0 saturated carbocycles. The Balaban J connectivity index is 2.09. The van der Waals surface area contributed by atoms with E-state index in [4.69, 9.17) is 9.47 Å². The van der Waals surface area contributed by atoms with Gasteiger partial charge in [-0.15, -0.1) is 5.10 Å². The Morgan fingerprint density at radius 3 is 2.81 bits per heavy atom. The van der Waals surface area contributed by atoms with E-state index in [2.05, 4.69) is 14.6 Å². The lowest BCUT2D eigenvalue weighted by molar-refractivity contribution is 0.0600. The van der Waals surface area contributed by atoms with Gasteiger partial charge in [0.05, 0.1) is 35.2 Å². The van der Waals surface area contributed by atoms with Crippen molar-refractivity contribution in [3.05, 3.63) is 39.1 Å². The molecule has 1 amide bonds. The highest BCUT2D eigenvalue weighted by atomic mass is 32.1. The van der Waals surface area contributed by atoms with Crippen LogP contribution < -0.4 is 4.80 Å². The number of amides is 1. The number of methoxy groups -OCH3 is 1. The van der Waals surface area contributed by atoms with Gasteiger partial charge in [-0.3, -0.25) is 4.79 Å². The van der Waals surface area contributed by atoms with E-state index in [1.54, 1.807) is 19.1 Å². The van der Waals surface area contributed by atoms with Gasteiger partial charge in [0.25, 0.3) is 5.91 Å². The number of hydrogen-bond acceptors (Lipinski definition) is 8. The summed E-state index contributed by atoms with van der Waals surface area (Å²) in [5, 5.41) is 3.86. The minimum atomic E-state index is -0.410. The second-order valence-corrected chi connectivity index (χ2v) is 7.27. The van der Waals surface area contributed by atoms with E-state index in [0.29, 0.717) is 40.7 Å². The van der Waals surface area contributed by atoms with E-state index >= 15 is 0 Å². The monoisotopic (exact) mass is 406 g/mol. The van der Waals surface area contributed by atoms with E-state index in [1.807, 2.05) is 17.6 Å². The number of fused-ring (bicyclic) bond motifs is 1. The number of hydrogen-bond donors (Lipinski definition) is 0. The van der Waals surface area contributed by atoms with Crippen molar-refractivity contribution in [2.45, 2.75) is 20.4 Å². The topological polar surface area (TPSA) is 95.7 Å². The van der Waals surface area contributed by atoms with Crippen molar-refractivity contribution in [3.63, 3.8) is 0 Å². The first-order chi connectivity index (χ1) is 13.0. The summed E-state index contributed by atoms with van der Waals surface area (Å²) in [6.45, 7) is 5.28. The predicted octanol–water partition coefficient (Wildman–Crippen LogP) is 2.43. The molecule has 0 aliphatic carbocycles. The molecule has 0 atom stereocenters. The number of carbonyl (C=O) groups excluding carboxylic acids is 2. The number of aromatic nitrogens is 3. The number of carbonyl (C=O) groups is 2. The molecule has 0 aliphatic heterocycles. The Morgan fingerprint density at radius 2 is 2.15 bits per heavy atom. The molecule has 3 rings (SSSR count). The third-order valence-corrected chi connectivity index (χ3v) is 5.67. The van der Waals surface area contributed by atoms with Crippen molar-refractivity contribution in [1.29, 1.82) is 0 Å². The van der Waals surface area contributed by atoms with Crippen molar-refractivity contribution in [2.24, 2.45) is 4.99 Å². The number of nitrogens with zero attached hydrogens (tertiary/aromatic N) is 4. The first kappa shape index (κ1) is 19.3. The summed E-state index contributed by atoms with van der Waals surface area (Å²) < 4.78 is 16.8. The van der Waals surface area contributed by atoms with Crippen LogP contribution in [-0.2, 0) is 16.0 Å². The minimum Gasteiger partial charge on any atom is -0.465 e. The minimum absolute atomic E-state index is 0.382. The van der Waals surface area contributed by atoms with Gasteiger partial charge < -0.3 is 14.0 Å². The molecule has 2 heterocycles. The van der Waals surface area contributed by atoms with E-state index in [1.165, 1.54) is 18.4 Å². The Labute approximate surface area is 163 Å². The second-order valence-electron chi connectivity index (χ2n) is 5.51. The SMILES string of the molecule is CCOCCn1c(=NC(=O)c2snnc2C)sc2cc(C(=O)OC)ccc21. The van der Waals surface area contributed by atoms with Gasteiger partial charge in [0.1, 0.15) is 4.88 Å². The van der Waals surface area contributed by atoms with Gasteiger partial charge in [-0.25, -0.2) is 4.79 Å². The number of rotatable bonds is 6. The molecule has 10 heteroatoms. The summed E-state index contributed by atoms with van der Waals surface area (Å²) in [6.07, 6.45) is 0. The van der Waals surface area contributed by atoms with Crippen LogP contribution in [0.2, 0.25) is 0 Å². The first-order valence-electron chi connectivity index (χ1n) is 8.22. The third-order valence-electron chi connectivity index (χ3n) is 3.81. The molecule has 2 aromatic heterocycles. The highest BCUT2D eigenvalue weighted by molar-refractivity contribution is 7.16. The Kier molecular flexibility index (Phi) is 6.09. The van der Waals surface area contributed by atoms with Crippen LogP contribution in [-0.4, -0.2) is 46.4 Å². The standard InChI is InChI=1S/C17H18N4O4S2/c1-4-25-8-7-21-12-6-5-11(16(23)24-3)9-13(12)26-17(21)18-15(22)14-10(2)19-20-27-14/h5-6,9H,4,7-8H2,1-3H3. The molecule has 1 aromatic carbocycles. The highest BCUT2D eigenvalue weighted by Gasteiger charge is 2.15. The predicted molar refractivity (Wildman–Crippen MR) is 102 cm³/mol. The average Bonchev–Trinajstić information content (AvgIpc) is 3.24. The van der Waals surface area contributed by atoms with Crippen molar-refractivity contribution >= 4 is 45.0 Å². The van der Waals surface area contributed by atoms with E-state index in [9.17, 15) is 9.59 Å². The molecule has 0 radical (unpaired) electrons. The largest absolute Gasteiger partial charge is 0.465 e. The van der Waals surface area contributed by atoms with Crippen LogP contribution in [0.3, 0.4) is 0 Å². The molecule has 3 aromatic rings. The van der Waals surface area contributed by atoms with E-state index in [-0.39, 0.29) is 5.91 Å². The fraction of sp³-hybridized carbons (Fsp3) is 0.353. The lowest BCUT2D eigenvalue weighted by atomic mass is 10.2. The Bertz CT molecular complexity index is 1050. The molecule has 0 unspecified atom stereocenters. The zero-order valence-electron chi connectivity index (χ0n) is 15.1. The zero-order valence-corrected chi connectivity index (χ0v) is 16.7. The third kappa shape index (κ3) is 4.12. The summed E-state index contributed by atoms with van der Waals surface area (Å²) in [4.78, 5) is 29.5. The highest BCUT2D eigenvalue weighted by Crippen LogP contribution is 2.20. The Morgan fingerprint density at radius 1 is 1.33 bits per heavy atom. The summed E-state index contributed by atoms with van der Waals surface area (Å²) in [6, 6.07) is 5.26. The average molecular weight is 406 g/mol. The van der Waals surface area contributed by atoms with Crippen LogP contribution >= 0.6 is 22.9 Å². The summed E-state index contributed by atoms with van der Waals surface area (Å²) >= 11 is 2.36. The maximum Gasteiger partial charge on any atom is 0.337 e. The fourth-order valence-corrected chi connectivity index (χ4v) is 4.12. The first-order valence-corrected chi connectivity index (χ1v) is 9.81. The number of aryl methyl sites for hydroxylation is 1. The van der Waals surface area contributed by atoms with Crippen molar-refractivity contribution < 1.29 is 19.1 Å². The van der Waals surface area contributed by atoms with Gasteiger partial charge in [0.2, 0.25) is 0 Å². The van der Waals surface area contributed by atoms with Crippen LogP contribution in [0.4, 0.5) is 0 Å². The van der Waals surface area contributed by atoms with Crippen LogP contribution in [0.1, 0.15) is 32.6 Å². The van der Waals surface area contributed by atoms with Crippen LogP contribution in [0.5, 0.6) is 0 Å². The smallest absolute Gasteiger partial charge is 0.337 e. The van der Waals surface area contributed by atoms with Crippen LogP contribution in [0, 0.1) is 6.92 Å². The van der Waals surface area contributed by atoms with Gasteiger partial charge in [0.15, 0.2) is 4.80 Å². The van der Waals surface area contributed by atoms with Gasteiger partial charge in [-0.05, 0) is 43.6 Å². The van der Waals surface area contributed by atoms with E-state index in [0.717, 1.165) is 21.7 Å². The Hall–Kier alpha value is -2.43. The van der Waals surface area contributed by atoms with Crippen LogP contribution in [0.15, 0.2) is 23.2 Å². The van der Waals surface area contributed by atoms with Crippen molar-refractivity contribution in [3.8, 4) is 0 Å². The zero-order chi connectivity index (χ0) is 19.4. The fourth-order valence-electron chi connectivity index (χ4n) is 2.49. The molecule has 0 N–H and O–H groups in total. The molecule has 0 spiro atoms. The molecular weight excluding hydrogens is 388 g/mol. The summed E-state index contributed by atoms with van der Waals surface area (Å²) in [5.74, 6) is -0.792. The normalized spacial score (nSPS) is 11.9. The molecule has 0 bridgehead atoms. The molecule has 142 valence electrons. The van der Waals surface area contributed by atoms with E-state index < -0.39 is 5.97 Å².